The first-order valence-corrected chi connectivity index (χ1v) is 6.98. The molecule has 1 aromatic carbocycles. The third-order valence-electron chi connectivity index (χ3n) is 4.16. The molecule has 0 unspecified atom stereocenters. The number of aryl methyl sites for hydroxylation is 1. The van der Waals surface area contributed by atoms with Gasteiger partial charge in [0, 0.05) is 30.5 Å². The summed E-state index contributed by atoms with van der Waals surface area (Å²) in [4.78, 5) is 2.58. The van der Waals surface area contributed by atoms with Crippen LogP contribution in [-0.4, -0.2) is 19.1 Å². The predicted octanol–water partition coefficient (Wildman–Crippen LogP) is 3.42. The van der Waals surface area contributed by atoms with E-state index in [1.165, 1.54) is 55.6 Å². The number of anilines is 2. The molecule has 0 aliphatic carbocycles. The lowest BCUT2D eigenvalue weighted by molar-refractivity contribution is 0.485. The van der Waals surface area contributed by atoms with Crippen molar-refractivity contribution in [1.82, 2.24) is 0 Å². The fraction of sp³-hybridized carbons (Fsp3) is 0.600. The van der Waals surface area contributed by atoms with Crippen LogP contribution in [0.25, 0.3) is 0 Å². The van der Waals surface area contributed by atoms with Crippen LogP contribution in [0.3, 0.4) is 0 Å². The van der Waals surface area contributed by atoms with Gasteiger partial charge in [-0.1, -0.05) is 0 Å². The standard InChI is InChI=1S/C15H22N2/c1-12-5-2-3-10-17(12)14-7-8-15-13(11-14)6-4-9-16-15/h7-8,11-12,16H,2-6,9-10H2,1H3/t12-/m0/s1. The molecule has 2 heterocycles. The van der Waals surface area contributed by atoms with Crippen LogP contribution in [0.15, 0.2) is 18.2 Å². The molecule has 3 rings (SSSR count). The van der Waals surface area contributed by atoms with E-state index in [9.17, 15) is 0 Å². The molecule has 0 bridgehead atoms. The summed E-state index contributed by atoms with van der Waals surface area (Å²) in [7, 11) is 0. The average molecular weight is 230 g/mol. The lowest BCUT2D eigenvalue weighted by Crippen LogP contribution is -2.37. The molecule has 2 heteroatoms. The highest BCUT2D eigenvalue weighted by Crippen LogP contribution is 2.30. The summed E-state index contributed by atoms with van der Waals surface area (Å²) >= 11 is 0. The second-order valence-corrected chi connectivity index (χ2v) is 5.41. The van der Waals surface area contributed by atoms with Gasteiger partial charge >= 0.3 is 0 Å². The summed E-state index contributed by atoms with van der Waals surface area (Å²) in [6.07, 6.45) is 6.59. The maximum absolute atomic E-state index is 3.49. The fourth-order valence-electron chi connectivity index (χ4n) is 3.12. The van der Waals surface area contributed by atoms with E-state index < -0.39 is 0 Å². The molecule has 2 aliphatic rings. The number of rotatable bonds is 1. The molecule has 2 nitrogen and oxygen atoms in total. The van der Waals surface area contributed by atoms with E-state index in [4.69, 9.17) is 0 Å². The van der Waals surface area contributed by atoms with Crippen LogP contribution in [0, 0.1) is 0 Å². The van der Waals surface area contributed by atoms with Gasteiger partial charge in [0.25, 0.3) is 0 Å². The molecule has 1 fully saturated rings. The smallest absolute Gasteiger partial charge is 0.0374 e. The molecule has 17 heavy (non-hydrogen) atoms. The van der Waals surface area contributed by atoms with Gasteiger partial charge in [-0.05, 0) is 62.8 Å². The maximum Gasteiger partial charge on any atom is 0.0374 e. The minimum atomic E-state index is 0.707. The Labute approximate surface area is 104 Å². The molecule has 0 aromatic heterocycles. The molecule has 2 aliphatic heterocycles. The highest BCUT2D eigenvalue weighted by molar-refractivity contribution is 5.62. The molecular formula is C15H22N2. The van der Waals surface area contributed by atoms with E-state index in [-0.39, 0.29) is 0 Å². The van der Waals surface area contributed by atoms with Gasteiger partial charge in [0.2, 0.25) is 0 Å². The Morgan fingerprint density at radius 2 is 2.18 bits per heavy atom. The highest BCUT2D eigenvalue weighted by atomic mass is 15.2. The van der Waals surface area contributed by atoms with E-state index in [1.54, 1.807) is 0 Å². The number of nitrogens with one attached hydrogen (secondary N) is 1. The van der Waals surface area contributed by atoms with Crippen molar-refractivity contribution >= 4 is 11.4 Å². The number of hydrogen-bond acceptors (Lipinski definition) is 2. The van der Waals surface area contributed by atoms with Gasteiger partial charge in [0.15, 0.2) is 0 Å². The largest absolute Gasteiger partial charge is 0.385 e. The minimum Gasteiger partial charge on any atom is -0.385 e. The van der Waals surface area contributed by atoms with Crippen LogP contribution < -0.4 is 10.2 Å². The zero-order valence-corrected chi connectivity index (χ0v) is 10.7. The van der Waals surface area contributed by atoms with Crippen molar-refractivity contribution < 1.29 is 0 Å². The van der Waals surface area contributed by atoms with Crippen molar-refractivity contribution in [3.8, 4) is 0 Å². The van der Waals surface area contributed by atoms with Crippen molar-refractivity contribution in [1.29, 1.82) is 0 Å². The van der Waals surface area contributed by atoms with Crippen LogP contribution in [0.4, 0.5) is 11.4 Å². The Morgan fingerprint density at radius 1 is 1.24 bits per heavy atom. The zero-order valence-electron chi connectivity index (χ0n) is 10.7. The number of piperidine rings is 1. The first-order valence-electron chi connectivity index (χ1n) is 6.98. The molecular weight excluding hydrogens is 208 g/mol. The van der Waals surface area contributed by atoms with Gasteiger partial charge < -0.3 is 10.2 Å². The normalized spacial score (nSPS) is 24.1. The van der Waals surface area contributed by atoms with Crippen molar-refractivity contribution in [2.24, 2.45) is 0 Å². The van der Waals surface area contributed by atoms with E-state index in [2.05, 4.69) is 35.3 Å². The third-order valence-corrected chi connectivity index (χ3v) is 4.16. The number of benzene rings is 1. The summed E-state index contributed by atoms with van der Waals surface area (Å²) < 4.78 is 0. The Hall–Kier alpha value is -1.18. The van der Waals surface area contributed by atoms with Gasteiger partial charge in [-0.15, -0.1) is 0 Å². The van der Waals surface area contributed by atoms with Crippen molar-refractivity contribution in [3.05, 3.63) is 23.8 Å². The first kappa shape index (κ1) is 10.9. The molecule has 0 amide bonds. The van der Waals surface area contributed by atoms with E-state index in [0.717, 1.165) is 6.54 Å². The van der Waals surface area contributed by atoms with Gasteiger partial charge in [0.1, 0.15) is 0 Å². The number of hydrogen-bond donors (Lipinski definition) is 1. The van der Waals surface area contributed by atoms with Gasteiger partial charge in [-0.25, -0.2) is 0 Å². The van der Waals surface area contributed by atoms with Crippen LogP contribution >= 0.6 is 0 Å². The van der Waals surface area contributed by atoms with Crippen LogP contribution in [0.1, 0.15) is 38.2 Å². The Bertz CT molecular complexity index is 400. The second kappa shape index (κ2) is 4.59. The van der Waals surface area contributed by atoms with E-state index in [0.29, 0.717) is 6.04 Å². The van der Waals surface area contributed by atoms with Crippen LogP contribution in [0.2, 0.25) is 0 Å². The van der Waals surface area contributed by atoms with Gasteiger partial charge in [-0.3, -0.25) is 0 Å². The average Bonchev–Trinajstić information content (AvgIpc) is 2.39. The fourth-order valence-corrected chi connectivity index (χ4v) is 3.12. The summed E-state index contributed by atoms with van der Waals surface area (Å²) in [5.41, 5.74) is 4.29. The maximum atomic E-state index is 3.49. The molecule has 1 atom stereocenters. The summed E-state index contributed by atoms with van der Waals surface area (Å²) in [6.45, 7) is 4.72. The SMILES string of the molecule is C[C@H]1CCCCN1c1ccc2c(c1)CCCN2. The number of nitrogens with zero attached hydrogens (tertiary/aromatic N) is 1. The summed E-state index contributed by atoms with van der Waals surface area (Å²) in [5, 5.41) is 3.49. The van der Waals surface area contributed by atoms with Crippen molar-refractivity contribution in [3.63, 3.8) is 0 Å². The Balaban J connectivity index is 1.87. The molecule has 0 spiro atoms. The molecule has 1 aromatic rings. The van der Waals surface area contributed by atoms with Crippen molar-refractivity contribution in [2.75, 3.05) is 23.3 Å². The Morgan fingerprint density at radius 3 is 3.06 bits per heavy atom. The minimum absolute atomic E-state index is 0.707. The lowest BCUT2D eigenvalue weighted by atomic mass is 9.99. The number of fused-ring (bicyclic) bond motifs is 1. The molecule has 0 saturated carbocycles. The third kappa shape index (κ3) is 2.13. The van der Waals surface area contributed by atoms with E-state index in [1.807, 2.05) is 0 Å². The van der Waals surface area contributed by atoms with Crippen molar-refractivity contribution in [2.45, 2.75) is 45.1 Å². The quantitative estimate of drug-likeness (QED) is 0.795. The lowest BCUT2D eigenvalue weighted by Gasteiger charge is -2.36. The second-order valence-electron chi connectivity index (χ2n) is 5.41. The Kier molecular flexibility index (Phi) is 2.96. The topological polar surface area (TPSA) is 15.3 Å². The predicted molar refractivity (Wildman–Crippen MR) is 73.9 cm³/mol. The van der Waals surface area contributed by atoms with Gasteiger partial charge in [-0.2, -0.15) is 0 Å². The molecule has 1 N–H and O–H groups in total. The zero-order chi connectivity index (χ0) is 11.7. The van der Waals surface area contributed by atoms with Crippen LogP contribution in [-0.2, 0) is 6.42 Å². The first-order chi connectivity index (χ1) is 8.34. The molecule has 92 valence electrons. The molecule has 0 radical (unpaired) electrons. The van der Waals surface area contributed by atoms with E-state index >= 15 is 0 Å². The highest BCUT2D eigenvalue weighted by Gasteiger charge is 2.19. The summed E-state index contributed by atoms with van der Waals surface area (Å²) in [5.74, 6) is 0. The van der Waals surface area contributed by atoms with Gasteiger partial charge in [0.05, 0.1) is 0 Å². The van der Waals surface area contributed by atoms with Crippen LogP contribution in [0.5, 0.6) is 0 Å². The monoisotopic (exact) mass is 230 g/mol. The summed E-state index contributed by atoms with van der Waals surface area (Å²) in [6, 6.07) is 7.67. The molecule has 1 saturated heterocycles.